The van der Waals surface area contributed by atoms with E-state index in [1.54, 1.807) is 17.3 Å². The van der Waals surface area contributed by atoms with Crippen molar-refractivity contribution in [3.63, 3.8) is 0 Å². The molecule has 23 heavy (non-hydrogen) atoms. The van der Waals surface area contributed by atoms with Crippen LogP contribution in [0.1, 0.15) is 30.6 Å². The average Bonchev–Trinajstić information content (AvgIpc) is 3.08. The molecule has 0 unspecified atom stereocenters. The Labute approximate surface area is 134 Å². The second-order valence-corrected chi connectivity index (χ2v) is 7.53. The summed E-state index contributed by atoms with van der Waals surface area (Å²) in [6.07, 6.45) is 2.33. The number of nitrogens with one attached hydrogen (secondary N) is 1. The molecule has 1 aliphatic heterocycles. The Morgan fingerprint density at radius 2 is 2.17 bits per heavy atom. The summed E-state index contributed by atoms with van der Waals surface area (Å²) >= 11 is 0. The molecule has 3 N–H and O–H groups in total. The monoisotopic (exact) mass is 312 g/mol. The van der Waals surface area contributed by atoms with Crippen LogP contribution in [0.4, 0.5) is 0 Å². The molecule has 2 aromatic rings. The average molecular weight is 312 g/mol. The minimum atomic E-state index is -0.557. The number of hydrogen-bond donors (Lipinski definition) is 2. The highest BCUT2D eigenvalue weighted by Gasteiger charge is 2.66. The molecule has 0 bridgehead atoms. The summed E-state index contributed by atoms with van der Waals surface area (Å²) in [6.45, 7) is 5.27. The Morgan fingerprint density at radius 3 is 2.83 bits per heavy atom. The molecule has 1 aromatic carbocycles. The van der Waals surface area contributed by atoms with Gasteiger partial charge in [-0.1, -0.05) is 19.9 Å². The van der Waals surface area contributed by atoms with E-state index in [9.17, 15) is 9.59 Å². The van der Waals surface area contributed by atoms with Crippen molar-refractivity contribution < 1.29 is 9.59 Å². The minimum Gasteiger partial charge on any atom is -0.369 e. The minimum absolute atomic E-state index is 0.0441. The number of aromatic nitrogens is 2. The lowest BCUT2D eigenvalue weighted by atomic mass is 9.48. The normalized spacial score (nSPS) is 28.4. The number of aromatic amines is 1. The van der Waals surface area contributed by atoms with E-state index in [2.05, 4.69) is 23.8 Å². The number of benzene rings is 1. The molecule has 1 saturated heterocycles. The molecular formula is C17H20N4O2. The lowest BCUT2D eigenvalue weighted by molar-refractivity contribution is -0.148. The van der Waals surface area contributed by atoms with E-state index < -0.39 is 5.41 Å². The zero-order valence-electron chi connectivity index (χ0n) is 13.3. The van der Waals surface area contributed by atoms with Gasteiger partial charge in [-0.15, -0.1) is 0 Å². The van der Waals surface area contributed by atoms with Crippen LogP contribution in [0.5, 0.6) is 0 Å². The van der Waals surface area contributed by atoms with Gasteiger partial charge in [0.2, 0.25) is 5.91 Å². The zero-order chi connectivity index (χ0) is 16.4. The van der Waals surface area contributed by atoms with Gasteiger partial charge < -0.3 is 15.6 Å². The fourth-order valence-corrected chi connectivity index (χ4v) is 4.69. The fraction of sp³-hybridized carbons (Fsp3) is 0.471. The summed E-state index contributed by atoms with van der Waals surface area (Å²) in [5, 5.41) is 0. The Balaban J connectivity index is 1.69. The molecule has 1 aliphatic carbocycles. The fourth-order valence-electron chi connectivity index (χ4n) is 4.69. The Hall–Kier alpha value is -2.37. The van der Waals surface area contributed by atoms with Gasteiger partial charge in [0.1, 0.15) is 5.52 Å². The molecule has 0 spiro atoms. The second-order valence-electron chi connectivity index (χ2n) is 7.53. The van der Waals surface area contributed by atoms with Crippen LogP contribution in [0, 0.1) is 16.7 Å². The number of primary amides is 1. The van der Waals surface area contributed by atoms with Gasteiger partial charge in [-0.2, -0.15) is 0 Å². The largest absolute Gasteiger partial charge is 0.369 e. The van der Waals surface area contributed by atoms with Crippen LogP contribution in [0.15, 0.2) is 24.5 Å². The van der Waals surface area contributed by atoms with Crippen molar-refractivity contribution in [2.45, 2.75) is 20.3 Å². The topological polar surface area (TPSA) is 92.1 Å². The van der Waals surface area contributed by atoms with E-state index in [1.807, 2.05) is 12.1 Å². The van der Waals surface area contributed by atoms with Crippen molar-refractivity contribution >= 4 is 22.8 Å². The third-order valence-corrected chi connectivity index (χ3v) is 5.72. The summed E-state index contributed by atoms with van der Waals surface area (Å²) in [5.41, 5.74) is 7.24. The van der Waals surface area contributed by atoms with Crippen LogP contribution >= 0.6 is 0 Å². The molecule has 2 aliphatic rings. The summed E-state index contributed by atoms with van der Waals surface area (Å²) in [6, 6.07) is 5.51. The highest BCUT2D eigenvalue weighted by Crippen LogP contribution is 2.62. The highest BCUT2D eigenvalue weighted by molar-refractivity contribution is 6.05. The number of H-pyrrole nitrogens is 1. The maximum atomic E-state index is 13.0. The van der Waals surface area contributed by atoms with Gasteiger partial charge in [0.05, 0.1) is 22.8 Å². The highest BCUT2D eigenvalue weighted by atomic mass is 16.2. The molecular weight excluding hydrogens is 292 g/mol. The standard InChI is InChI=1S/C17H20N4O2/c1-16(2)7-17(15(18)23)8-21(6-12(16)17)14(22)10-4-3-5-11-13(10)20-9-19-11/h3-5,9,12H,6-8H2,1-2H3,(H2,18,23)(H,19,20)/t12-,17+/m1/s1. The van der Waals surface area contributed by atoms with Gasteiger partial charge >= 0.3 is 0 Å². The zero-order valence-corrected chi connectivity index (χ0v) is 13.3. The lowest BCUT2D eigenvalue weighted by Gasteiger charge is -2.54. The van der Waals surface area contributed by atoms with Gasteiger partial charge in [0.25, 0.3) is 5.91 Å². The smallest absolute Gasteiger partial charge is 0.256 e. The van der Waals surface area contributed by atoms with Crippen molar-refractivity contribution in [3.8, 4) is 0 Å². The van der Waals surface area contributed by atoms with Gasteiger partial charge in [0, 0.05) is 13.1 Å². The lowest BCUT2D eigenvalue weighted by Crippen LogP contribution is -2.59. The summed E-state index contributed by atoms with van der Waals surface area (Å²) in [7, 11) is 0. The number of likely N-dealkylation sites (tertiary alicyclic amines) is 1. The number of para-hydroxylation sites is 1. The van der Waals surface area contributed by atoms with Crippen LogP contribution in [-0.2, 0) is 4.79 Å². The number of amides is 2. The Kier molecular flexibility index (Phi) is 2.69. The van der Waals surface area contributed by atoms with Gasteiger partial charge in [-0.3, -0.25) is 9.59 Å². The molecule has 6 nitrogen and oxygen atoms in total. The number of carbonyl (C=O) groups excluding carboxylic acids is 2. The number of nitrogens with two attached hydrogens (primary N) is 1. The molecule has 2 heterocycles. The first-order valence-electron chi connectivity index (χ1n) is 7.86. The van der Waals surface area contributed by atoms with Gasteiger partial charge in [-0.05, 0) is 29.9 Å². The van der Waals surface area contributed by atoms with E-state index in [0.29, 0.717) is 24.2 Å². The third kappa shape index (κ3) is 1.77. The number of fused-ring (bicyclic) bond motifs is 2. The van der Waals surface area contributed by atoms with Crippen molar-refractivity contribution in [1.82, 2.24) is 14.9 Å². The van der Waals surface area contributed by atoms with E-state index in [4.69, 9.17) is 5.73 Å². The van der Waals surface area contributed by atoms with Crippen molar-refractivity contribution in [2.75, 3.05) is 13.1 Å². The number of rotatable bonds is 2. The summed E-state index contributed by atoms with van der Waals surface area (Å²) < 4.78 is 0. The van der Waals surface area contributed by atoms with Crippen molar-refractivity contribution in [3.05, 3.63) is 30.1 Å². The molecule has 2 atom stereocenters. The summed E-state index contributed by atoms with van der Waals surface area (Å²) in [4.78, 5) is 34.0. The Bertz CT molecular complexity index is 825. The van der Waals surface area contributed by atoms with Gasteiger partial charge in [-0.25, -0.2) is 4.98 Å². The van der Waals surface area contributed by atoms with Crippen LogP contribution in [0.2, 0.25) is 0 Å². The first-order valence-corrected chi connectivity index (χ1v) is 7.86. The maximum absolute atomic E-state index is 13.0. The predicted molar refractivity (Wildman–Crippen MR) is 85.5 cm³/mol. The third-order valence-electron chi connectivity index (χ3n) is 5.72. The number of imidazole rings is 1. The number of hydrogen-bond acceptors (Lipinski definition) is 3. The predicted octanol–water partition coefficient (Wildman–Crippen LogP) is 1.54. The van der Waals surface area contributed by atoms with Crippen LogP contribution in [0.25, 0.3) is 11.0 Å². The van der Waals surface area contributed by atoms with E-state index in [-0.39, 0.29) is 23.1 Å². The SMILES string of the molecule is CC1(C)C[C@]2(C(N)=O)CN(C(=O)c3cccc4[nH]cnc34)C[C@H]12. The number of nitrogens with zero attached hydrogens (tertiary/aromatic N) is 2. The van der Waals surface area contributed by atoms with Crippen LogP contribution in [0.3, 0.4) is 0 Å². The molecule has 6 heteroatoms. The molecule has 0 radical (unpaired) electrons. The molecule has 1 saturated carbocycles. The van der Waals surface area contributed by atoms with Crippen LogP contribution < -0.4 is 5.73 Å². The maximum Gasteiger partial charge on any atom is 0.256 e. The van der Waals surface area contributed by atoms with Crippen LogP contribution in [-0.4, -0.2) is 39.8 Å². The quantitative estimate of drug-likeness (QED) is 0.881. The van der Waals surface area contributed by atoms with E-state index in [1.165, 1.54) is 0 Å². The molecule has 2 fully saturated rings. The van der Waals surface area contributed by atoms with Gasteiger partial charge in [0.15, 0.2) is 0 Å². The summed E-state index contributed by atoms with van der Waals surface area (Å²) in [5.74, 6) is -0.224. The van der Waals surface area contributed by atoms with Crippen molar-refractivity contribution in [1.29, 1.82) is 0 Å². The van der Waals surface area contributed by atoms with Crippen molar-refractivity contribution in [2.24, 2.45) is 22.5 Å². The molecule has 2 amide bonds. The first-order chi connectivity index (χ1) is 10.8. The van der Waals surface area contributed by atoms with E-state index in [0.717, 1.165) is 11.9 Å². The Morgan fingerprint density at radius 1 is 1.39 bits per heavy atom. The number of carbonyl (C=O) groups is 2. The second kappa shape index (κ2) is 4.34. The molecule has 1 aromatic heterocycles. The first kappa shape index (κ1) is 14.2. The molecule has 120 valence electrons. The molecule has 4 rings (SSSR count). The van der Waals surface area contributed by atoms with E-state index >= 15 is 0 Å².